The molecule has 1 heterocycles. The minimum atomic E-state index is -0.415. The Morgan fingerprint density at radius 3 is 3.07 bits per heavy atom. The van der Waals surface area contributed by atoms with Crippen molar-refractivity contribution in [1.29, 1.82) is 0 Å². The van der Waals surface area contributed by atoms with E-state index in [1.807, 2.05) is 0 Å². The number of ether oxygens (including phenoxy) is 1. The molecule has 1 aliphatic heterocycles. The Morgan fingerprint density at radius 2 is 2.33 bits per heavy atom. The van der Waals surface area contributed by atoms with E-state index >= 15 is 0 Å². The van der Waals surface area contributed by atoms with Crippen LogP contribution in [0.2, 0.25) is 0 Å². The van der Waals surface area contributed by atoms with Gasteiger partial charge in [-0.2, -0.15) is 0 Å². The van der Waals surface area contributed by atoms with Gasteiger partial charge >= 0.3 is 6.09 Å². The molecule has 4 nitrogen and oxygen atoms in total. The molecule has 1 atom stereocenters. The van der Waals surface area contributed by atoms with E-state index in [1.165, 1.54) is 0 Å². The van der Waals surface area contributed by atoms with Crippen molar-refractivity contribution >= 4 is 22.0 Å². The quantitative estimate of drug-likeness (QED) is 0.824. The number of cyclic esters (lactones) is 1. The van der Waals surface area contributed by atoms with Crippen LogP contribution >= 0.6 is 15.9 Å². The fraction of sp³-hybridized carbons (Fsp3) is 0.300. The van der Waals surface area contributed by atoms with Crippen LogP contribution in [0.3, 0.4) is 0 Å². The third-order valence-corrected chi connectivity index (χ3v) is 3.01. The molecular weight excluding hydrogens is 262 g/mol. The number of nitrogens with one attached hydrogen (secondary N) is 1. The zero-order valence-corrected chi connectivity index (χ0v) is 9.45. The van der Waals surface area contributed by atoms with E-state index in [2.05, 4.69) is 21.2 Å². The Morgan fingerprint density at radius 1 is 1.53 bits per heavy atom. The number of phenols is 1. The number of carbonyl (C=O) groups is 1. The number of hydrogen-bond donors (Lipinski definition) is 2. The molecule has 0 unspecified atom stereocenters. The van der Waals surface area contributed by atoms with E-state index in [0.29, 0.717) is 13.0 Å². The van der Waals surface area contributed by atoms with Gasteiger partial charge in [0.2, 0.25) is 0 Å². The highest BCUT2D eigenvalue weighted by atomic mass is 79.9. The number of aromatic hydroxyl groups is 1. The first-order chi connectivity index (χ1) is 7.16. The van der Waals surface area contributed by atoms with Crippen molar-refractivity contribution in [3.05, 3.63) is 28.2 Å². The molecule has 0 saturated carbocycles. The Kier molecular flexibility index (Phi) is 2.81. The van der Waals surface area contributed by atoms with Crippen LogP contribution in [0.1, 0.15) is 18.0 Å². The van der Waals surface area contributed by atoms with Gasteiger partial charge in [0.25, 0.3) is 0 Å². The maximum absolute atomic E-state index is 11.0. The molecule has 1 fully saturated rings. The van der Waals surface area contributed by atoms with E-state index in [-0.39, 0.29) is 11.8 Å². The Labute approximate surface area is 95.4 Å². The molecule has 2 rings (SSSR count). The number of halogens is 1. The maximum Gasteiger partial charge on any atom is 0.407 e. The molecule has 1 aliphatic rings. The molecule has 0 aliphatic carbocycles. The Hall–Kier alpha value is -1.23. The van der Waals surface area contributed by atoms with Crippen molar-refractivity contribution in [3.8, 4) is 5.75 Å². The number of hydrogen-bond acceptors (Lipinski definition) is 3. The summed E-state index contributed by atoms with van der Waals surface area (Å²) in [5.74, 6) is 0.189. The summed E-state index contributed by atoms with van der Waals surface area (Å²) in [6.07, 6.45) is 0.287. The van der Waals surface area contributed by atoms with Gasteiger partial charge in [0.1, 0.15) is 5.75 Å². The molecule has 0 bridgehead atoms. The summed E-state index contributed by atoms with van der Waals surface area (Å²) in [6, 6.07) is 4.88. The number of carbonyl (C=O) groups excluding carboxylic acids is 1. The van der Waals surface area contributed by atoms with Gasteiger partial charge < -0.3 is 15.2 Å². The maximum atomic E-state index is 11.0. The molecule has 2 N–H and O–H groups in total. The third kappa shape index (κ3) is 2.23. The summed E-state index contributed by atoms with van der Waals surface area (Å²) in [5, 5.41) is 12.1. The zero-order chi connectivity index (χ0) is 10.8. The summed E-state index contributed by atoms with van der Waals surface area (Å²) >= 11 is 3.38. The van der Waals surface area contributed by atoms with Crippen LogP contribution in [0.4, 0.5) is 4.79 Å². The highest BCUT2D eigenvalue weighted by molar-refractivity contribution is 9.10. The normalized spacial score (nSPS) is 20.6. The summed E-state index contributed by atoms with van der Waals surface area (Å²) in [6.45, 7) is 0.401. The van der Waals surface area contributed by atoms with Crippen LogP contribution in [-0.2, 0) is 4.74 Å². The largest absolute Gasteiger partial charge is 0.508 e. The first kappa shape index (κ1) is 10.3. The van der Waals surface area contributed by atoms with Gasteiger partial charge in [-0.25, -0.2) is 4.79 Å². The van der Waals surface area contributed by atoms with Gasteiger partial charge in [0.05, 0.1) is 12.6 Å². The molecule has 0 radical (unpaired) electrons. The summed E-state index contributed by atoms with van der Waals surface area (Å²) in [5.41, 5.74) is 0.867. The van der Waals surface area contributed by atoms with Crippen LogP contribution in [0.5, 0.6) is 5.75 Å². The lowest BCUT2D eigenvalue weighted by molar-refractivity contribution is 0.115. The van der Waals surface area contributed by atoms with Crippen molar-refractivity contribution in [2.24, 2.45) is 0 Å². The second kappa shape index (κ2) is 4.10. The fourth-order valence-corrected chi connectivity index (χ4v) is 2.08. The average molecular weight is 272 g/mol. The van der Waals surface area contributed by atoms with E-state index in [0.717, 1.165) is 10.0 Å². The lowest BCUT2D eigenvalue weighted by Crippen LogP contribution is -2.35. The van der Waals surface area contributed by atoms with Crippen molar-refractivity contribution in [1.82, 2.24) is 5.32 Å². The molecule has 1 aromatic carbocycles. The number of amides is 1. The average Bonchev–Trinajstić information content (AvgIpc) is 2.22. The molecule has 15 heavy (non-hydrogen) atoms. The van der Waals surface area contributed by atoms with Gasteiger partial charge in [0, 0.05) is 10.9 Å². The predicted octanol–water partition coefficient (Wildman–Crippen LogP) is 2.33. The summed E-state index contributed by atoms with van der Waals surface area (Å²) < 4.78 is 5.64. The minimum absolute atomic E-state index is 0.104. The Bertz CT molecular complexity index is 394. The van der Waals surface area contributed by atoms with Gasteiger partial charge in [0.15, 0.2) is 0 Å². The zero-order valence-electron chi connectivity index (χ0n) is 7.87. The first-order valence-electron chi connectivity index (χ1n) is 4.58. The molecular formula is C10H10BrNO3. The molecule has 1 saturated heterocycles. The van der Waals surface area contributed by atoms with Gasteiger partial charge in [-0.05, 0) is 23.8 Å². The number of benzene rings is 1. The summed E-state index contributed by atoms with van der Waals surface area (Å²) in [7, 11) is 0. The van der Waals surface area contributed by atoms with E-state index < -0.39 is 6.09 Å². The molecule has 5 heteroatoms. The van der Waals surface area contributed by atoms with Crippen LogP contribution in [0.25, 0.3) is 0 Å². The highest BCUT2D eigenvalue weighted by Crippen LogP contribution is 2.30. The van der Waals surface area contributed by atoms with Crippen molar-refractivity contribution in [2.45, 2.75) is 12.5 Å². The topological polar surface area (TPSA) is 58.6 Å². The van der Waals surface area contributed by atoms with E-state index in [9.17, 15) is 9.90 Å². The van der Waals surface area contributed by atoms with E-state index in [4.69, 9.17) is 4.74 Å². The molecule has 1 aromatic rings. The lowest BCUT2D eigenvalue weighted by atomic mass is 10.0. The van der Waals surface area contributed by atoms with Crippen molar-refractivity contribution < 1.29 is 14.6 Å². The van der Waals surface area contributed by atoms with Gasteiger partial charge in [-0.3, -0.25) is 0 Å². The van der Waals surface area contributed by atoms with Crippen LogP contribution in [-0.4, -0.2) is 17.8 Å². The molecule has 0 aromatic heterocycles. The van der Waals surface area contributed by atoms with Crippen molar-refractivity contribution in [2.75, 3.05) is 6.61 Å². The fourth-order valence-electron chi connectivity index (χ4n) is 1.56. The monoisotopic (exact) mass is 271 g/mol. The standard InChI is InChI=1S/C10H10BrNO3/c11-8-2-1-6(13)5-7(8)9-3-4-15-10(14)12-9/h1-2,5,9,13H,3-4H2,(H,12,14)/t9-/m1/s1. The summed E-state index contributed by atoms with van der Waals surface area (Å²) in [4.78, 5) is 11.0. The number of phenolic OH excluding ortho intramolecular Hbond substituents is 1. The van der Waals surface area contributed by atoms with E-state index in [1.54, 1.807) is 18.2 Å². The van der Waals surface area contributed by atoms with Crippen LogP contribution < -0.4 is 5.32 Å². The number of alkyl carbamates (subject to hydrolysis) is 1. The molecule has 0 spiro atoms. The second-order valence-electron chi connectivity index (χ2n) is 3.33. The third-order valence-electron chi connectivity index (χ3n) is 2.29. The first-order valence-corrected chi connectivity index (χ1v) is 5.38. The minimum Gasteiger partial charge on any atom is -0.508 e. The van der Waals surface area contributed by atoms with Crippen LogP contribution in [0.15, 0.2) is 22.7 Å². The van der Waals surface area contributed by atoms with Gasteiger partial charge in [-0.15, -0.1) is 0 Å². The Balaban J connectivity index is 2.27. The molecule has 1 amide bonds. The van der Waals surface area contributed by atoms with Crippen LogP contribution in [0, 0.1) is 0 Å². The van der Waals surface area contributed by atoms with Crippen molar-refractivity contribution in [3.63, 3.8) is 0 Å². The lowest BCUT2D eigenvalue weighted by Gasteiger charge is -2.24. The predicted molar refractivity (Wildman–Crippen MR) is 57.6 cm³/mol. The smallest absolute Gasteiger partial charge is 0.407 e. The highest BCUT2D eigenvalue weighted by Gasteiger charge is 2.22. The van der Waals surface area contributed by atoms with Gasteiger partial charge in [-0.1, -0.05) is 15.9 Å². The second-order valence-corrected chi connectivity index (χ2v) is 4.18. The molecule has 80 valence electrons. The SMILES string of the molecule is O=C1N[C@@H](c2cc(O)ccc2Br)CCO1. The number of rotatable bonds is 1.